The van der Waals surface area contributed by atoms with Gasteiger partial charge in [-0.25, -0.2) is 0 Å². The largest absolute Gasteiger partial charge is 0.405 e. The predicted molar refractivity (Wildman–Crippen MR) is 38.5 cm³/mol. The Morgan fingerprint density at radius 3 is 2.25 bits per heavy atom. The van der Waals surface area contributed by atoms with Crippen LogP contribution in [-0.2, 0) is 4.79 Å². The van der Waals surface area contributed by atoms with Crippen molar-refractivity contribution in [1.29, 1.82) is 0 Å². The van der Waals surface area contributed by atoms with Gasteiger partial charge in [0.2, 0.25) is 5.91 Å². The Balaban J connectivity index is 3.58. The summed E-state index contributed by atoms with van der Waals surface area (Å²) in [6.45, 7) is 2.30. The van der Waals surface area contributed by atoms with Crippen LogP contribution in [-0.4, -0.2) is 18.6 Å². The van der Waals surface area contributed by atoms with Crippen molar-refractivity contribution in [1.82, 2.24) is 5.32 Å². The molecule has 0 saturated heterocycles. The van der Waals surface area contributed by atoms with Gasteiger partial charge >= 0.3 is 6.18 Å². The summed E-state index contributed by atoms with van der Waals surface area (Å²) in [5, 5.41) is 1.79. The molecule has 0 aromatic heterocycles. The van der Waals surface area contributed by atoms with Gasteiger partial charge < -0.3 is 5.32 Å². The van der Waals surface area contributed by atoms with E-state index in [1.807, 2.05) is 0 Å². The van der Waals surface area contributed by atoms with Gasteiger partial charge in [0.15, 0.2) is 0 Å². The third kappa shape index (κ3) is 7.37. The van der Waals surface area contributed by atoms with Gasteiger partial charge in [-0.2, -0.15) is 13.2 Å². The van der Waals surface area contributed by atoms with Crippen LogP contribution in [0, 0.1) is 5.92 Å². The van der Waals surface area contributed by atoms with Crippen molar-refractivity contribution in [3.05, 3.63) is 0 Å². The van der Waals surface area contributed by atoms with Crippen LogP contribution in [0.4, 0.5) is 13.2 Å². The molecule has 0 aromatic carbocycles. The highest BCUT2D eigenvalue weighted by Gasteiger charge is 2.27. The summed E-state index contributed by atoms with van der Waals surface area (Å²) in [5.74, 6) is -0.472. The molecule has 0 aromatic rings. The maximum Gasteiger partial charge on any atom is 0.405 e. The van der Waals surface area contributed by atoms with Crippen molar-refractivity contribution in [2.45, 2.75) is 26.4 Å². The molecule has 0 spiro atoms. The van der Waals surface area contributed by atoms with E-state index in [1.54, 1.807) is 19.2 Å². The first-order valence-corrected chi connectivity index (χ1v) is 3.64. The van der Waals surface area contributed by atoms with Crippen molar-refractivity contribution < 1.29 is 18.0 Å². The monoisotopic (exact) mass is 183 g/mol. The lowest BCUT2D eigenvalue weighted by molar-refractivity contribution is -0.138. The topological polar surface area (TPSA) is 29.1 Å². The highest BCUT2D eigenvalue weighted by molar-refractivity contribution is 5.76. The average Bonchev–Trinajstić information content (AvgIpc) is 1.80. The number of hydrogen-bond acceptors (Lipinski definition) is 1. The molecule has 0 aliphatic carbocycles. The van der Waals surface area contributed by atoms with Crippen molar-refractivity contribution >= 4 is 5.91 Å². The fourth-order valence-corrected chi connectivity index (χ4v) is 0.642. The molecule has 0 fully saturated rings. The molecule has 0 atom stereocenters. The van der Waals surface area contributed by atoms with E-state index in [0.29, 0.717) is 0 Å². The van der Waals surface area contributed by atoms with Crippen molar-refractivity contribution in [3.63, 3.8) is 0 Å². The molecule has 12 heavy (non-hydrogen) atoms. The van der Waals surface area contributed by atoms with E-state index in [0.717, 1.165) is 0 Å². The number of carbonyl (C=O) groups excluding carboxylic acids is 1. The smallest absolute Gasteiger partial charge is 0.347 e. The fourth-order valence-electron chi connectivity index (χ4n) is 0.642. The minimum Gasteiger partial charge on any atom is -0.347 e. The predicted octanol–water partition coefficient (Wildman–Crippen LogP) is 1.71. The summed E-state index contributed by atoms with van der Waals surface area (Å²) < 4.78 is 34.6. The van der Waals surface area contributed by atoms with E-state index in [9.17, 15) is 18.0 Å². The molecule has 0 heterocycles. The minimum atomic E-state index is -4.31. The van der Waals surface area contributed by atoms with Crippen molar-refractivity contribution in [2.24, 2.45) is 5.92 Å². The summed E-state index contributed by atoms with van der Waals surface area (Å²) in [7, 11) is 0. The first kappa shape index (κ1) is 11.3. The molecule has 0 saturated carbocycles. The Morgan fingerprint density at radius 1 is 1.42 bits per heavy atom. The van der Waals surface area contributed by atoms with Gasteiger partial charge in [-0.05, 0) is 5.92 Å². The molecule has 0 unspecified atom stereocenters. The van der Waals surface area contributed by atoms with E-state index in [-0.39, 0.29) is 12.3 Å². The second-order valence-electron chi connectivity index (χ2n) is 2.99. The van der Waals surface area contributed by atoms with Crippen LogP contribution < -0.4 is 5.32 Å². The Bertz CT molecular complexity index is 153. The van der Waals surface area contributed by atoms with Crippen LogP contribution in [0.5, 0.6) is 0 Å². The van der Waals surface area contributed by atoms with Gasteiger partial charge in [0, 0.05) is 6.42 Å². The second-order valence-corrected chi connectivity index (χ2v) is 2.99. The van der Waals surface area contributed by atoms with Gasteiger partial charge in [0.1, 0.15) is 6.54 Å². The Kier molecular flexibility index (Phi) is 4.06. The van der Waals surface area contributed by atoms with Gasteiger partial charge in [-0.3, -0.25) is 4.79 Å². The van der Waals surface area contributed by atoms with E-state index in [2.05, 4.69) is 0 Å². The quantitative estimate of drug-likeness (QED) is 0.709. The second kappa shape index (κ2) is 4.33. The zero-order chi connectivity index (χ0) is 9.78. The van der Waals surface area contributed by atoms with E-state index < -0.39 is 18.6 Å². The van der Waals surface area contributed by atoms with Crippen LogP contribution in [0.15, 0.2) is 0 Å². The van der Waals surface area contributed by atoms with Crippen molar-refractivity contribution in [3.8, 4) is 0 Å². The Hall–Kier alpha value is -0.740. The van der Waals surface area contributed by atoms with Gasteiger partial charge in [-0.15, -0.1) is 0 Å². The lowest BCUT2D eigenvalue weighted by Gasteiger charge is -2.09. The van der Waals surface area contributed by atoms with Crippen LogP contribution in [0.1, 0.15) is 20.3 Å². The molecule has 2 nitrogen and oxygen atoms in total. The average molecular weight is 183 g/mol. The van der Waals surface area contributed by atoms with Crippen LogP contribution >= 0.6 is 0 Å². The lowest BCUT2D eigenvalue weighted by atomic mass is 10.1. The summed E-state index contributed by atoms with van der Waals surface area (Å²) in [4.78, 5) is 10.7. The third-order valence-corrected chi connectivity index (χ3v) is 1.08. The highest BCUT2D eigenvalue weighted by atomic mass is 19.4. The van der Waals surface area contributed by atoms with Gasteiger partial charge in [-0.1, -0.05) is 13.8 Å². The summed E-state index contributed by atoms with van der Waals surface area (Å²) in [6, 6.07) is 0. The third-order valence-electron chi connectivity index (χ3n) is 1.08. The number of alkyl halides is 3. The maximum atomic E-state index is 11.5. The number of halogens is 3. The molecular weight excluding hydrogens is 171 g/mol. The molecule has 0 aliphatic heterocycles. The zero-order valence-corrected chi connectivity index (χ0v) is 7.03. The molecular formula is C7H12F3NO. The van der Waals surface area contributed by atoms with E-state index in [4.69, 9.17) is 0 Å². The molecule has 0 aliphatic rings. The number of carbonyl (C=O) groups is 1. The van der Waals surface area contributed by atoms with Crippen LogP contribution in [0.2, 0.25) is 0 Å². The first-order chi connectivity index (χ1) is 5.31. The number of rotatable bonds is 3. The molecule has 1 amide bonds. The summed E-state index contributed by atoms with van der Waals surface area (Å²) >= 11 is 0. The van der Waals surface area contributed by atoms with Crippen LogP contribution in [0.25, 0.3) is 0 Å². The Labute approximate surface area is 69.1 Å². The Morgan fingerprint density at radius 2 is 1.92 bits per heavy atom. The summed E-state index contributed by atoms with van der Waals surface area (Å²) in [6.07, 6.45) is -4.18. The highest BCUT2D eigenvalue weighted by Crippen LogP contribution is 2.12. The molecule has 5 heteroatoms. The lowest BCUT2D eigenvalue weighted by Crippen LogP contribution is -2.34. The number of amides is 1. The fraction of sp³-hybridized carbons (Fsp3) is 0.857. The maximum absolute atomic E-state index is 11.5. The molecule has 72 valence electrons. The SMILES string of the molecule is CC(C)CC(=O)NCC(F)(F)F. The number of hydrogen-bond donors (Lipinski definition) is 1. The van der Waals surface area contributed by atoms with Crippen molar-refractivity contribution in [2.75, 3.05) is 6.54 Å². The standard InChI is InChI=1S/C7H12F3NO/c1-5(2)3-6(12)11-4-7(8,9)10/h5H,3-4H2,1-2H3,(H,11,12). The molecule has 0 rings (SSSR count). The number of nitrogens with one attached hydrogen (secondary N) is 1. The molecule has 0 radical (unpaired) electrons. The molecule has 1 N–H and O–H groups in total. The normalized spacial score (nSPS) is 11.8. The van der Waals surface area contributed by atoms with E-state index >= 15 is 0 Å². The first-order valence-electron chi connectivity index (χ1n) is 3.64. The zero-order valence-electron chi connectivity index (χ0n) is 7.03. The minimum absolute atomic E-state index is 0.0817. The summed E-state index contributed by atoms with van der Waals surface area (Å²) in [5.41, 5.74) is 0. The van der Waals surface area contributed by atoms with Crippen LogP contribution in [0.3, 0.4) is 0 Å². The van der Waals surface area contributed by atoms with Gasteiger partial charge in [0.05, 0.1) is 0 Å². The van der Waals surface area contributed by atoms with E-state index in [1.165, 1.54) is 0 Å². The molecule has 0 bridgehead atoms. The van der Waals surface area contributed by atoms with Gasteiger partial charge in [0.25, 0.3) is 0 Å².